The van der Waals surface area contributed by atoms with Crippen molar-refractivity contribution in [1.82, 2.24) is 4.90 Å². The second-order valence-corrected chi connectivity index (χ2v) is 7.73. The van der Waals surface area contributed by atoms with Crippen molar-refractivity contribution in [1.29, 1.82) is 0 Å². The number of rotatable bonds is 4. The average molecular weight is 324 g/mol. The van der Waals surface area contributed by atoms with E-state index in [4.69, 9.17) is 10.3 Å². The summed E-state index contributed by atoms with van der Waals surface area (Å²) < 4.78 is 5.60. The summed E-state index contributed by atoms with van der Waals surface area (Å²) in [5.41, 5.74) is 8.04. The molecule has 2 rings (SSSR count). The van der Waals surface area contributed by atoms with Crippen LogP contribution in [0.5, 0.6) is 0 Å². The lowest BCUT2D eigenvalue weighted by Gasteiger charge is -2.47. The van der Waals surface area contributed by atoms with E-state index < -0.39 is 5.60 Å². The normalized spacial score (nSPS) is 30.8. The molecule has 2 fully saturated rings. The maximum absolute atomic E-state index is 12.7. The van der Waals surface area contributed by atoms with Crippen LogP contribution in [0, 0.1) is 5.92 Å². The van der Waals surface area contributed by atoms with E-state index in [2.05, 4.69) is 10.0 Å². The third-order valence-corrected chi connectivity index (χ3v) is 4.74. The molecule has 2 aliphatic carbocycles. The molecule has 0 unspecified atom stereocenters. The van der Waals surface area contributed by atoms with E-state index in [0.717, 1.165) is 38.5 Å². The van der Waals surface area contributed by atoms with Crippen LogP contribution >= 0.6 is 0 Å². The zero-order valence-corrected chi connectivity index (χ0v) is 14.3. The Hall–Kier alpha value is -1.46. The topological polar surface area (TPSA) is 98.5 Å². The van der Waals surface area contributed by atoms with E-state index in [-0.39, 0.29) is 30.8 Å². The summed E-state index contributed by atoms with van der Waals surface area (Å²) in [6, 6.07) is 0.339. The fourth-order valence-corrected chi connectivity index (χ4v) is 3.51. The smallest absolute Gasteiger partial charge is 0.410 e. The fourth-order valence-electron chi connectivity index (χ4n) is 3.51. The van der Waals surface area contributed by atoms with Gasteiger partial charge in [-0.15, -0.1) is 0 Å². The summed E-state index contributed by atoms with van der Waals surface area (Å²) in [5, 5.41) is 13.0. The van der Waals surface area contributed by atoms with Crippen LogP contribution in [0.1, 0.15) is 59.3 Å². The molecule has 0 heterocycles. The van der Waals surface area contributed by atoms with E-state index in [1.807, 2.05) is 25.7 Å². The minimum Gasteiger partial charge on any atom is -0.444 e. The Labute approximate surface area is 137 Å². The van der Waals surface area contributed by atoms with Crippen molar-refractivity contribution in [3.05, 3.63) is 10.4 Å². The van der Waals surface area contributed by atoms with Gasteiger partial charge in [0.2, 0.25) is 0 Å². The van der Waals surface area contributed by atoms with Crippen molar-refractivity contribution >= 4 is 6.09 Å². The molecule has 0 atom stereocenters. The molecule has 2 saturated carbocycles. The quantitative estimate of drug-likeness (QED) is 0.485. The van der Waals surface area contributed by atoms with Gasteiger partial charge in [-0.2, -0.15) is 0 Å². The van der Waals surface area contributed by atoms with Gasteiger partial charge >= 0.3 is 6.09 Å². The van der Waals surface area contributed by atoms with E-state index in [1.54, 1.807) is 0 Å². The number of hydrogen-bond donors (Lipinski definition) is 1. The van der Waals surface area contributed by atoms with Crippen molar-refractivity contribution in [2.45, 2.75) is 83.0 Å². The standard InChI is InChI=1S/C16H28N4O3/c1-16(2,3)23-15(22)20(14-8-11(9-14)10-21)13-6-4-12(5-7-13)18-19-17/h11-14,21H,4-10H2,1-3H3. The van der Waals surface area contributed by atoms with Gasteiger partial charge in [0.15, 0.2) is 0 Å². The van der Waals surface area contributed by atoms with Crippen LogP contribution in [0.3, 0.4) is 0 Å². The second kappa shape index (κ2) is 7.41. The highest BCUT2D eigenvalue weighted by Gasteiger charge is 2.41. The number of amides is 1. The van der Waals surface area contributed by atoms with Crippen LogP contribution in [-0.4, -0.2) is 46.4 Å². The predicted molar refractivity (Wildman–Crippen MR) is 86.9 cm³/mol. The lowest BCUT2D eigenvalue weighted by atomic mass is 9.78. The number of aliphatic hydroxyl groups is 1. The van der Waals surface area contributed by atoms with Gasteiger partial charge < -0.3 is 14.7 Å². The number of carbonyl (C=O) groups excluding carboxylic acids is 1. The molecule has 0 aromatic carbocycles. The highest BCUT2D eigenvalue weighted by molar-refractivity contribution is 5.69. The molecule has 1 amide bonds. The number of aliphatic hydroxyl groups excluding tert-OH is 1. The molecule has 130 valence electrons. The molecule has 0 aromatic rings. The Morgan fingerprint density at radius 3 is 2.35 bits per heavy atom. The number of azide groups is 1. The van der Waals surface area contributed by atoms with Crippen LogP contribution in [-0.2, 0) is 4.74 Å². The number of ether oxygens (including phenoxy) is 1. The molecule has 2 aliphatic rings. The van der Waals surface area contributed by atoms with E-state index in [9.17, 15) is 9.90 Å². The largest absolute Gasteiger partial charge is 0.444 e. The summed E-state index contributed by atoms with van der Waals surface area (Å²) in [6.45, 7) is 5.80. The first kappa shape index (κ1) is 17.9. The van der Waals surface area contributed by atoms with Crippen LogP contribution in [0.15, 0.2) is 5.11 Å². The SMILES string of the molecule is CC(C)(C)OC(=O)N(C1CCC(N=[N+]=[N-])CC1)C1CC(CO)C1. The average Bonchev–Trinajstić information content (AvgIpc) is 2.41. The van der Waals surface area contributed by atoms with Gasteiger partial charge in [0, 0.05) is 29.6 Å². The van der Waals surface area contributed by atoms with Gasteiger partial charge in [-0.3, -0.25) is 0 Å². The van der Waals surface area contributed by atoms with Crippen LogP contribution in [0.25, 0.3) is 10.4 Å². The summed E-state index contributed by atoms with van der Waals surface area (Å²) in [4.78, 5) is 17.4. The third-order valence-electron chi connectivity index (χ3n) is 4.74. The lowest BCUT2D eigenvalue weighted by molar-refractivity contribution is -0.0286. The highest BCUT2D eigenvalue weighted by atomic mass is 16.6. The highest BCUT2D eigenvalue weighted by Crippen LogP contribution is 2.37. The van der Waals surface area contributed by atoms with Gasteiger partial charge in [0.1, 0.15) is 5.60 Å². The van der Waals surface area contributed by atoms with Gasteiger partial charge in [-0.1, -0.05) is 5.11 Å². The molecular weight excluding hydrogens is 296 g/mol. The summed E-state index contributed by atoms with van der Waals surface area (Å²) >= 11 is 0. The summed E-state index contributed by atoms with van der Waals surface area (Å²) in [7, 11) is 0. The molecule has 23 heavy (non-hydrogen) atoms. The number of hydrogen-bond acceptors (Lipinski definition) is 4. The molecule has 0 spiro atoms. The molecule has 0 bridgehead atoms. The van der Waals surface area contributed by atoms with Crippen LogP contribution < -0.4 is 0 Å². The van der Waals surface area contributed by atoms with Crippen LogP contribution in [0.4, 0.5) is 4.79 Å². The Morgan fingerprint density at radius 2 is 1.87 bits per heavy atom. The van der Waals surface area contributed by atoms with E-state index in [1.165, 1.54) is 0 Å². The molecule has 1 N–H and O–H groups in total. The number of nitrogens with zero attached hydrogens (tertiary/aromatic N) is 4. The Kier molecular flexibility index (Phi) is 5.76. The first-order valence-electron chi connectivity index (χ1n) is 8.50. The van der Waals surface area contributed by atoms with Crippen LogP contribution in [0.2, 0.25) is 0 Å². The zero-order valence-electron chi connectivity index (χ0n) is 14.3. The van der Waals surface area contributed by atoms with Crippen molar-refractivity contribution in [2.75, 3.05) is 6.61 Å². The Balaban J connectivity index is 2.02. The van der Waals surface area contributed by atoms with Crippen molar-refractivity contribution in [3.8, 4) is 0 Å². The third kappa shape index (κ3) is 4.75. The molecule has 7 heteroatoms. The van der Waals surface area contributed by atoms with Gasteiger partial charge in [0.25, 0.3) is 0 Å². The monoisotopic (exact) mass is 324 g/mol. The van der Waals surface area contributed by atoms with Crippen molar-refractivity contribution in [2.24, 2.45) is 11.0 Å². The fraction of sp³-hybridized carbons (Fsp3) is 0.938. The first-order chi connectivity index (χ1) is 10.8. The van der Waals surface area contributed by atoms with E-state index in [0.29, 0.717) is 5.92 Å². The predicted octanol–water partition coefficient (Wildman–Crippen LogP) is 3.62. The van der Waals surface area contributed by atoms with Crippen molar-refractivity contribution in [3.63, 3.8) is 0 Å². The Bertz CT molecular complexity index is 456. The molecule has 0 radical (unpaired) electrons. The molecule has 7 nitrogen and oxygen atoms in total. The second-order valence-electron chi connectivity index (χ2n) is 7.73. The summed E-state index contributed by atoms with van der Waals surface area (Å²) in [6.07, 6.45) is 4.71. The summed E-state index contributed by atoms with van der Waals surface area (Å²) in [5.74, 6) is 0.296. The van der Waals surface area contributed by atoms with Gasteiger partial charge in [-0.25, -0.2) is 4.79 Å². The molecular formula is C16H28N4O3. The zero-order chi connectivity index (χ0) is 17.0. The lowest BCUT2D eigenvalue weighted by Crippen LogP contribution is -2.55. The van der Waals surface area contributed by atoms with Gasteiger partial charge in [-0.05, 0) is 70.7 Å². The molecule has 0 saturated heterocycles. The minimum absolute atomic E-state index is 0.0447. The maximum atomic E-state index is 12.7. The van der Waals surface area contributed by atoms with Crippen molar-refractivity contribution < 1.29 is 14.6 Å². The molecule has 0 aliphatic heterocycles. The minimum atomic E-state index is -0.516. The van der Waals surface area contributed by atoms with E-state index >= 15 is 0 Å². The van der Waals surface area contributed by atoms with Gasteiger partial charge in [0.05, 0.1) is 0 Å². The maximum Gasteiger partial charge on any atom is 0.410 e. The number of carbonyl (C=O) groups is 1. The first-order valence-corrected chi connectivity index (χ1v) is 8.50. The Morgan fingerprint density at radius 1 is 1.26 bits per heavy atom. The molecule has 0 aromatic heterocycles.